The Morgan fingerprint density at radius 3 is 2.15 bits per heavy atom. The summed E-state index contributed by atoms with van der Waals surface area (Å²) in [6, 6.07) is 0. The lowest BCUT2D eigenvalue weighted by atomic mass is 10.1. The average molecular weight is 298 g/mol. The Morgan fingerprint density at radius 1 is 1.15 bits per heavy atom. The fourth-order valence-electron chi connectivity index (χ4n) is 1.87. The Kier molecular flexibility index (Phi) is 6.93. The van der Waals surface area contributed by atoms with Gasteiger partial charge < -0.3 is 4.90 Å². The van der Waals surface area contributed by atoms with Crippen LogP contribution in [0, 0.1) is 11.8 Å². The number of carbonyl (C=O) groups excluding carboxylic acids is 1. The van der Waals surface area contributed by atoms with Crippen molar-refractivity contribution in [2.75, 3.05) is 18.0 Å². The lowest BCUT2D eigenvalue weighted by Crippen LogP contribution is -2.29. The van der Waals surface area contributed by atoms with E-state index in [9.17, 15) is 4.79 Å². The molecule has 0 amide bonds. The highest BCUT2D eigenvalue weighted by Gasteiger charge is 2.16. The molecule has 0 atom stereocenters. The summed E-state index contributed by atoms with van der Waals surface area (Å²) in [5.74, 6) is 1.86. The minimum atomic E-state index is 0.226. The van der Waals surface area contributed by atoms with Crippen molar-refractivity contribution in [1.82, 2.24) is 9.97 Å². The van der Waals surface area contributed by atoms with Crippen molar-refractivity contribution >= 4 is 23.7 Å². The summed E-state index contributed by atoms with van der Waals surface area (Å²) in [4.78, 5) is 21.5. The Hall–Kier alpha value is -1.16. The van der Waals surface area contributed by atoms with Crippen molar-refractivity contribution in [2.45, 2.75) is 40.5 Å². The van der Waals surface area contributed by atoms with Crippen LogP contribution in [0.2, 0.25) is 5.15 Å². The number of hydrogen-bond donors (Lipinski definition) is 0. The van der Waals surface area contributed by atoms with Crippen molar-refractivity contribution in [3.8, 4) is 0 Å². The quantitative estimate of drug-likeness (QED) is 0.540. The summed E-state index contributed by atoms with van der Waals surface area (Å²) in [6.07, 6.45) is 4.27. The van der Waals surface area contributed by atoms with E-state index in [1.54, 1.807) is 0 Å². The molecule has 1 rings (SSSR count). The van der Waals surface area contributed by atoms with E-state index in [4.69, 9.17) is 11.6 Å². The van der Waals surface area contributed by atoms with Gasteiger partial charge in [0.15, 0.2) is 6.29 Å². The molecule has 0 spiro atoms. The predicted octanol–water partition coefficient (Wildman–Crippen LogP) is 3.84. The minimum Gasteiger partial charge on any atom is -0.356 e. The molecule has 20 heavy (non-hydrogen) atoms. The molecular formula is C15H24ClN3O. The Labute approximate surface area is 126 Å². The maximum Gasteiger partial charge on any atom is 0.156 e. The number of halogens is 1. The number of rotatable bonds is 8. The number of nitrogens with zero attached hydrogens (tertiary/aromatic N) is 3. The van der Waals surface area contributed by atoms with Gasteiger partial charge in [0.25, 0.3) is 0 Å². The number of hydrogen-bond acceptors (Lipinski definition) is 4. The molecule has 1 heterocycles. The summed E-state index contributed by atoms with van der Waals surface area (Å²) in [6.45, 7) is 10.5. The van der Waals surface area contributed by atoms with Gasteiger partial charge in [-0.1, -0.05) is 39.3 Å². The van der Waals surface area contributed by atoms with Crippen molar-refractivity contribution < 1.29 is 4.79 Å². The third kappa shape index (κ3) is 5.08. The molecule has 0 aliphatic rings. The molecule has 0 N–H and O–H groups in total. The monoisotopic (exact) mass is 297 g/mol. The van der Waals surface area contributed by atoms with Crippen molar-refractivity contribution in [1.29, 1.82) is 0 Å². The summed E-state index contributed by atoms with van der Waals surface area (Å²) < 4.78 is 0. The highest BCUT2D eigenvalue weighted by atomic mass is 35.5. The van der Waals surface area contributed by atoms with E-state index in [0.29, 0.717) is 23.2 Å². The zero-order valence-electron chi connectivity index (χ0n) is 12.8. The lowest BCUT2D eigenvalue weighted by molar-refractivity contribution is 0.112. The summed E-state index contributed by atoms with van der Waals surface area (Å²) in [5.41, 5.74) is 0.390. The van der Waals surface area contributed by atoms with E-state index in [1.165, 1.54) is 6.33 Å². The zero-order chi connectivity index (χ0) is 15.1. The molecule has 0 aliphatic carbocycles. The van der Waals surface area contributed by atoms with Gasteiger partial charge in [-0.2, -0.15) is 0 Å². The van der Waals surface area contributed by atoms with Crippen LogP contribution < -0.4 is 4.90 Å². The van der Waals surface area contributed by atoms with E-state index in [2.05, 4.69) is 42.6 Å². The zero-order valence-corrected chi connectivity index (χ0v) is 13.5. The maximum absolute atomic E-state index is 11.2. The lowest BCUT2D eigenvalue weighted by Gasteiger charge is -2.26. The summed E-state index contributed by atoms with van der Waals surface area (Å²) >= 11 is 5.99. The molecule has 0 radical (unpaired) electrons. The molecule has 0 unspecified atom stereocenters. The van der Waals surface area contributed by atoms with E-state index in [-0.39, 0.29) is 5.15 Å². The topological polar surface area (TPSA) is 46.1 Å². The number of carbonyl (C=O) groups is 1. The SMILES string of the molecule is CC(C)CCN(CCC(C)C)c1ncnc(Cl)c1C=O. The first-order valence-corrected chi connectivity index (χ1v) is 7.54. The maximum atomic E-state index is 11.2. The van der Waals surface area contributed by atoms with Crippen molar-refractivity contribution in [2.24, 2.45) is 11.8 Å². The van der Waals surface area contributed by atoms with E-state index < -0.39 is 0 Å². The first kappa shape index (κ1) is 16.9. The van der Waals surface area contributed by atoms with Gasteiger partial charge in [0.2, 0.25) is 0 Å². The molecule has 4 nitrogen and oxygen atoms in total. The van der Waals surface area contributed by atoms with Crippen LogP contribution in [0.3, 0.4) is 0 Å². The summed E-state index contributed by atoms with van der Waals surface area (Å²) in [5, 5.41) is 0.226. The normalized spacial score (nSPS) is 11.2. The van der Waals surface area contributed by atoms with Crippen LogP contribution in [0.4, 0.5) is 5.82 Å². The molecule has 1 aromatic heterocycles. The molecule has 0 fully saturated rings. The summed E-state index contributed by atoms with van der Waals surface area (Å²) in [7, 11) is 0. The molecular weight excluding hydrogens is 274 g/mol. The second-order valence-electron chi connectivity index (χ2n) is 5.87. The fraction of sp³-hybridized carbons (Fsp3) is 0.667. The number of anilines is 1. The highest BCUT2D eigenvalue weighted by Crippen LogP contribution is 2.23. The largest absolute Gasteiger partial charge is 0.356 e. The van der Waals surface area contributed by atoms with Gasteiger partial charge in [-0.25, -0.2) is 9.97 Å². The highest BCUT2D eigenvalue weighted by molar-refractivity contribution is 6.32. The first-order chi connectivity index (χ1) is 9.45. The Morgan fingerprint density at radius 2 is 1.70 bits per heavy atom. The Bertz CT molecular complexity index is 423. The molecule has 5 heteroatoms. The van der Waals surface area contributed by atoms with Crippen LogP contribution in [0.15, 0.2) is 6.33 Å². The number of aromatic nitrogens is 2. The average Bonchev–Trinajstić information content (AvgIpc) is 2.38. The molecule has 0 aromatic carbocycles. The molecule has 0 aliphatic heterocycles. The molecule has 0 bridgehead atoms. The molecule has 0 saturated carbocycles. The second-order valence-corrected chi connectivity index (χ2v) is 6.23. The van der Waals surface area contributed by atoms with Crippen molar-refractivity contribution in [3.63, 3.8) is 0 Å². The van der Waals surface area contributed by atoms with Crippen LogP contribution in [0.25, 0.3) is 0 Å². The molecule has 112 valence electrons. The minimum absolute atomic E-state index is 0.226. The molecule has 1 aromatic rings. The van der Waals surface area contributed by atoms with Gasteiger partial charge in [-0.05, 0) is 24.7 Å². The first-order valence-electron chi connectivity index (χ1n) is 7.16. The van der Waals surface area contributed by atoms with E-state index >= 15 is 0 Å². The van der Waals surface area contributed by atoms with Gasteiger partial charge in [-0.3, -0.25) is 4.79 Å². The van der Waals surface area contributed by atoms with Crippen LogP contribution in [0.1, 0.15) is 50.9 Å². The smallest absolute Gasteiger partial charge is 0.156 e. The second kappa shape index (κ2) is 8.20. The number of aldehydes is 1. The van der Waals surface area contributed by atoms with Crippen LogP contribution in [-0.4, -0.2) is 29.3 Å². The van der Waals surface area contributed by atoms with Gasteiger partial charge in [0.1, 0.15) is 17.3 Å². The third-order valence-corrected chi connectivity index (χ3v) is 3.49. The van der Waals surface area contributed by atoms with Crippen molar-refractivity contribution in [3.05, 3.63) is 17.0 Å². The Balaban J connectivity index is 2.96. The van der Waals surface area contributed by atoms with Gasteiger partial charge in [0, 0.05) is 13.1 Å². The van der Waals surface area contributed by atoms with E-state index in [1.807, 2.05) is 0 Å². The molecule has 0 saturated heterocycles. The van der Waals surface area contributed by atoms with Gasteiger partial charge in [-0.15, -0.1) is 0 Å². The van der Waals surface area contributed by atoms with Crippen LogP contribution in [-0.2, 0) is 0 Å². The predicted molar refractivity (Wildman–Crippen MR) is 83.6 cm³/mol. The fourth-order valence-corrected chi connectivity index (χ4v) is 2.04. The van der Waals surface area contributed by atoms with Crippen LogP contribution in [0.5, 0.6) is 0 Å². The van der Waals surface area contributed by atoms with Gasteiger partial charge >= 0.3 is 0 Å². The standard InChI is InChI=1S/C15H24ClN3O/c1-11(2)5-7-19(8-6-12(3)4)15-13(9-20)14(16)17-10-18-15/h9-12H,5-8H2,1-4H3. The van der Waals surface area contributed by atoms with E-state index in [0.717, 1.165) is 32.2 Å². The third-order valence-electron chi connectivity index (χ3n) is 3.18. The van der Waals surface area contributed by atoms with Gasteiger partial charge in [0.05, 0.1) is 5.56 Å². The van der Waals surface area contributed by atoms with Crippen LogP contribution >= 0.6 is 11.6 Å².